The summed E-state index contributed by atoms with van der Waals surface area (Å²) in [5.74, 6) is 1.08. The van der Waals surface area contributed by atoms with Gasteiger partial charge in [0.1, 0.15) is 5.76 Å². The van der Waals surface area contributed by atoms with Crippen LogP contribution < -0.4 is 16.0 Å². The van der Waals surface area contributed by atoms with Gasteiger partial charge >= 0.3 is 6.03 Å². The van der Waals surface area contributed by atoms with Gasteiger partial charge < -0.3 is 20.4 Å². The van der Waals surface area contributed by atoms with Gasteiger partial charge in [-0.05, 0) is 39.1 Å². The Morgan fingerprint density at radius 2 is 1.92 bits per heavy atom. The molecule has 1 aliphatic carbocycles. The number of amides is 3. The summed E-state index contributed by atoms with van der Waals surface area (Å²) >= 11 is 0. The lowest BCUT2D eigenvalue weighted by molar-refractivity contribution is -0.124. The number of nitrogens with one attached hydrogen (secondary N) is 3. The minimum absolute atomic E-state index is 0.0205. The van der Waals surface area contributed by atoms with Crippen molar-refractivity contribution in [1.82, 2.24) is 20.9 Å². The molecule has 2 rings (SSSR count). The van der Waals surface area contributed by atoms with Crippen molar-refractivity contribution in [3.05, 3.63) is 24.2 Å². The molecule has 1 unspecified atom stereocenters. The smallest absolute Gasteiger partial charge is 0.314 e. The molecule has 1 aromatic heterocycles. The normalized spacial score (nSPS) is 16.1. The van der Waals surface area contributed by atoms with Crippen molar-refractivity contribution < 1.29 is 14.0 Å². The highest BCUT2D eigenvalue weighted by atomic mass is 16.3. The van der Waals surface area contributed by atoms with Crippen LogP contribution in [0.1, 0.15) is 37.5 Å². The van der Waals surface area contributed by atoms with Crippen molar-refractivity contribution >= 4 is 11.9 Å². The van der Waals surface area contributed by atoms with Crippen molar-refractivity contribution in [2.24, 2.45) is 5.92 Å². The van der Waals surface area contributed by atoms with Crippen LogP contribution in [0.2, 0.25) is 0 Å². The molecule has 24 heavy (non-hydrogen) atoms. The summed E-state index contributed by atoms with van der Waals surface area (Å²) in [6, 6.07) is 3.46. The highest BCUT2D eigenvalue weighted by molar-refractivity contribution is 5.79. The van der Waals surface area contributed by atoms with E-state index in [1.165, 1.54) is 0 Å². The fourth-order valence-electron chi connectivity index (χ4n) is 2.96. The molecule has 1 fully saturated rings. The van der Waals surface area contributed by atoms with Gasteiger partial charge in [-0.2, -0.15) is 0 Å². The second-order valence-corrected chi connectivity index (χ2v) is 6.40. The highest BCUT2D eigenvalue weighted by Crippen LogP contribution is 2.24. The quantitative estimate of drug-likeness (QED) is 0.628. The molecule has 1 saturated carbocycles. The minimum Gasteiger partial charge on any atom is -0.468 e. The van der Waals surface area contributed by atoms with Crippen LogP contribution in [-0.4, -0.2) is 50.6 Å². The van der Waals surface area contributed by atoms with Crippen LogP contribution in [0.5, 0.6) is 0 Å². The predicted octanol–water partition coefficient (Wildman–Crippen LogP) is 1.49. The van der Waals surface area contributed by atoms with Crippen molar-refractivity contribution in [3.8, 4) is 0 Å². The maximum atomic E-state index is 11.9. The van der Waals surface area contributed by atoms with Gasteiger partial charge in [-0.25, -0.2) is 4.79 Å². The van der Waals surface area contributed by atoms with Crippen molar-refractivity contribution in [2.75, 3.05) is 33.7 Å². The van der Waals surface area contributed by atoms with Gasteiger partial charge in [-0.3, -0.25) is 9.69 Å². The Hall–Kier alpha value is -2.02. The lowest BCUT2D eigenvalue weighted by atomic mass is 10.1. The van der Waals surface area contributed by atoms with Crippen LogP contribution in [0.25, 0.3) is 0 Å². The van der Waals surface area contributed by atoms with Crippen LogP contribution in [-0.2, 0) is 4.79 Å². The van der Waals surface area contributed by atoms with Gasteiger partial charge in [-0.15, -0.1) is 0 Å². The summed E-state index contributed by atoms with van der Waals surface area (Å²) in [5.41, 5.74) is 0. The molecule has 3 N–H and O–H groups in total. The predicted molar refractivity (Wildman–Crippen MR) is 91.5 cm³/mol. The number of rotatable bonds is 8. The van der Waals surface area contributed by atoms with Crippen LogP contribution in [0.3, 0.4) is 0 Å². The van der Waals surface area contributed by atoms with Crippen molar-refractivity contribution in [1.29, 1.82) is 0 Å². The monoisotopic (exact) mass is 336 g/mol. The third kappa shape index (κ3) is 5.56. The second kappa shape index (κ2) is 9.32. The van der Waals surface area contributed by atoms with Crippen molar-refractivity contribution in [3.63, 3.8) is 0 Å². The van der Waals surface area contributed by atoms with Crippen LogP contribution >= 0.6 is 0 Å². The number of nitrogens with zero attached hydrogens (tertiary/aromatic N) is 1. The molecule has 134 valence electrons. The molecule has 1 aliphatic rings. The van der Waals surface area contributed by atoms with Crippen LogP contribution in [0.4, 0.5) is 4.79 Å². The van der Waals surface area contributed by atoms with E-state index < -0.39 is 0 Å². The lowest BCUT2D eigenvalue weighted by Crippen LogP contribution is -2.43. The van der Waals surface area contributed by atoms with Gasteiger partial charge in [0.25, 0.3) is 0 Å². The molecule has 7 nitrogen and oxygen atoms in total. The van der Waals surface area contributed by atoms with E-state index in [0.717, 1.165) is 31.4 Å². The first-order valence-corrected chi connectivity index (χ1v) is 8.57. The largest absolute Gasteiger partial charge is 0.468 e. The zero-order valence-electron chi connectivity index (χ0n) is 14.5. The molecule has 1 aromatic rings. The molecule has 0 spiro atoms. The molecule has 1 heterocycles. The molecular weight excluding hydrogens is 308 g/mol. The summed E-state index contributed by atoms with van der Waals surface area (Å²) in [6.07, 6.45) is 5.87. The Morgan fingerprint density at radius 3 is 2.54 bits per heavy atom. The first-order chi connectivity index (χ1) is 11.6. The van der Waals surface area contributed by atoms with Crippen molar-refractivity contribution in [2.45, 2.75) is 31.7 Å². The Bertz CT molecular complexity index is 510. The maximum absolute atomic E-state index is 11.9. The van der Waals surface area contributed by atoms with E-state index in [9.17, 15) is 9.59 Å². The Labute approximate surface area is 143 Å². The molecule has 0 saturated heterocycles. The molecule has 3 amide bonds. The van der Waals surface area contributed by atoms with Gasteiger partial charge in [0, 0.05) is 25.6 Å². The molecular formula is C17H28N4O3. The molecule has 0 aliphatic heterocycles. The van der Waals surface area contributed by atoms with E-state index in [2.05, 4.69) is 16.0 Å². The standard InChI is InChI=1S/C17H28N4O3/c1-21(2)14(15-8-5-11-24-15)12-20-17(23)19-10-9-18-16(22)13-6-3-4-7-13/h5,8,11,13-14H,3-4,6-7,9-10,12H2,1-2H3,(H,18,22)(H2,19,20,23). The van der Waals surface area contributed by atoms with Gasteiger partial charge in [-0.1, -0.05) is 12.8 Å². The Balaban J connectivity index is 1.61. The topological polar surface area (TPSA) is 86.6 Å². The molecule has 1 atom stereocenters. The summed E-state index contributed by atoms with van der Waals surface area (Å²) in [4.78, 5) is 25.7. The number of urea groups is 1. The number of furan rings is 1. The third-order valence-electron chi connectivity index (χ3n) is 4.39. The number of hydrogen-bond acceptors (Lipinski definition) is 4. The molecule has 0 radical (unpaired) electrons. The van der Waals surface area contributed by atoms with E-state index in [-0.39, 0.29) is 23.9 Å². The zero-order valence-corrected chi connectivity index (χ0v) is 14.5. The lowest BCUT2D eigenvalue weighted by Gasteiger charge is -2.22. The summed E-state index contributed by atoms with van der Waals surface area (Å²) in [7, 11) is 3.87. The third-order valence-corrected chi connectivity index (χ3v) is 4.39. The van der Waals surface area contributed by atoms with Crippen LogP contribution in [0, 0.1) is 5.92 Å². The number of likely N-dealkylation sites (N-methyl/N-ethyl adjacent to an activating group) is 1. The summed E-state index contributed by atoms with van der Waals surface area (Å²) in [5, 5.41) is 8.47. The SMILES string of the molecule is CN(C)C(CNC(=O)NCCNC(=O)C1CCCC1)c1ccco1. The highest BCUT2D eigenvalue weighted by Gasteiger charge is 2.22. The van der Waals surface area contributed by atoms with E-state index in [1.54, 1.807) is 6.26 Å². The van der Waals surface area contributed by atoms with E-state index >= 15 is 0 Å². The average Bonchev–Trinajstić information content (AvgIpc) is 3.24. The number of carbonyl (C=O) groups excluding carboxylic acids is 2. The van der Waals surface area contributed by atoms with Gasteiger partial charge in [0.2, 0.25) is 5.91 Å². The van der Waals surface area contributed by atoms with Crippen LogP contribution in [0.15, 0.2) is 22.8 Å². The van der Waals surface area contributed by atoms with Gasteiger partial charge in [0.05, 0.1) is 12.3 Å². The average molecular weight is 336 g/mol. The number of hydrogen-bond donors (Lipinski definition) is 3. The maximum Gasteiger partial charge on any atom is 0.314 e. The van der Waals surface area contributed by atoms with E-state index in [0.29, 0.717) is 19.6 Å². The molecule has 0 aromatic carbocycles. The fourth-order valence-corrected chi connectivity index (χ4v) is 2.96. The zero-order chi connectivity index (χ0) is 17.4. The van der Waals surface area contributed by atoms with E-state index in [4.69, 9.17) is 4.42 Å². The Morgan fingerprint density at radius 1 is 1.21 bits per heavy atom. The second-order valence-electron chi connectivity index (χ2n) is 6.40. The van der Waals surface area contributed by atoms with E-state index in [1.807, 2.05) is 31.1 Å². The number of carbonyl (C=O) groups is 2. The fraction of sp³-hybridized carbons (Fsp3) is 0.647. The Kier molecular flexibility index (Phi) is 7.11. The molecule has 7 heteroatoms. The molecule has 0 bridgehead atoms. The summed E-state index contributed by atoms with van der Waals surface area (Å²) < 4.78 is 5.40. The van der Waals surface area contributed by atoms with Gasteiger partial charge in [0.15, 0.2) is 0 Å². The minimum atomic E-state index is -0.247. The summed E-state index contributed by atoms with van der Waals surface area (Å²) in [6.45, 7) is 1.32. The first kappa shape index (κ1) is 18.3. The first-order valence-electron chi connectivity index (χ1n) is 8.57.